The van der Waals surface area contributed by atoms with Gasteiger partial charge in [-0.1, -0.05) is 18.2 Å². The van der Waals surface area contributed by atoms with E-state index in [2.05, 4.69) is 46.9 Å². The maximum absolute atomic E-state index is 6.57. The highest BCUT2D eigenvalue weighted by atomic mass is 127. The van der Waals surface area contributed by atoms with Gasteiger partial charge in [0, 0.05) is 29.4 Å². The molecule has 0 saturated carbocycles. The fourth-order valence-electron chi connectivity index (χ4n) is 3.46. The Morgan fingerprint density at radius 3 is 2.70 bits per heavy atom. The molecule has 1 aromatic carbocycles. The van der Waals surface area contributed by atoms with Crippen molar-refractivity contribution in [3.63, 3.8) is 0 Å². The van der Waals surface area contributed by atoms with E-state index >= 15 is 0 Å². The summed E-state index contributed by atoms with van der Waals surface area (Å²) in [5.41, 5.74) is 7.88. The Morgan fingerprint density at radius 2 is 1.95 bits per heavy atom. The van der Waals surface area contributed by atoms with Gasteiger partial charge in [0.05, 0.1) is 5.60 Å². The minimum atomic E-state index is 0.0268. The van der Waals surface area contributed by atoms with Crippen molar-refractivity contribution in [3.8, 4) is 0 Å². The molecule has 0 amide bonds. The fraction of sp³-hybridized carbons (Fsp3) is 0.625. The summed E-state index contributed by atoms with van der Waals surface area (Å²) in [6.45, 7) is 2.48. The molecule has 1 aromatic rings. The maximum atomic E-state index is 6.57. The predicted octanol–water partition coefficient (Wildman–Crippen LogP) is 3.27. The normalized spacial score (nSPS) is 27.4. The van der Waals surface area contributed by atoms with E-state index in [0.29, 0.717) is 5.92 Å². The first-order valence-electron chi connectivity index (χ1n) is 7.42. The number of ether oxygens (including phenoxy) is 2. The van der Waals surface area contributed by atoms with Gasteiger partial charge in [-0.15, -0.1) is 0 Å². The minimum Gasteiger partial charge on any atom is -0.381 e. The van der Waals surface area contributed by atoms with Crippen molar-refractivity contribution in [2.45, 2.75) is 37.3 Å². The van der Waals surface area contributed by atoms with Crippen molar-refractivity contribution in [1.29, 1.82) is 0 Å². The molecule has 2 saturated heterocycles. The molecule has 20 heavy (non-hydrogen) atoms. The van der Waals surface area contributed by atoms with Gasteiger partial charge in [0.1, 0.15) is 0 Å². The van der Waals surface area contributed by atoms with Gasteiger partial charge in [-0.3, -0.25) is 0 Å². The first kappa shape index (κ1) is 14.8. The summed E-state index contributed by atoms with van der Waals surface area (Å²) in [5, 5.41) is 0. The number of nitrogens with two attached hydrogens (primary N) is 1. The molecule has 2 unspecified atom stereocenters. The number of hydrogen-bond acceptors (Lipinski definition) is 3. The lowest BCUT2D eigenvalue weighted by Gasteiger charge is -2.44. The largest absolute Gasteiger partial charge is 0.381 e. The average molecular weight is 387 g/mol. The molecule has 0 aliphatic carbocycles. The monoisotopic (exact) mass is 387 g/mol. The Morgan fingerprint density at radius 1 is 1.20 bits per heavy atom. The standard InChI is InChI=1S/C16H22INO2/c17-14-4-2-1-3-13(14)15(18)12-5-8-20-16(11-12)6-9-19-10-7-16/h1-4,12,15H,5-11,18H2. The molecule has 2 fully saturated rings. The topological polar surface area (TPSA) is 44.5 Å². The Kier molecular flexibility index (Phi) is 4.65. The molecule has 0 radical (unpaired) electrons. The maximum Gasteiger partial charge on any atom is 0.0729 e. The molecule has 2 aliphatic rings. The van der Waals surface area contributed by atoms with E-state index in [1.54, 1.807) is 0 Å². The molecule has 2 N–H and O–H groups in total. The highest BCUT2D eigenvalue weighted by Crippen LogP contribution is 2.41. The second kappa shape index (κ2) is 6.30. The van der Waals surface area contributed by atoms with Crippen LogP contribution in [0.2, 0.25) is 0 Å². The Bertz CT molecular complexity index is 454. The van der Waals surface area contributed by atoms with Crippen molar-refractivity contribution >= 4 is 22.6 Å². The summed E-state index contributed by atoms with van der Waals surface area (Å²) >= 11 is 2.39. The van der Waals surface area contributed by atoms with Crippen molar-refractivity contribution < 1.29 is 9.47 Å². The number of hydrogen-bond donors (Lipinski definition) is 1. The van der Waals surface area contributed by atoms with E-state index in [1.807, 2.05) is 0 Å². The molecule has 110 valence electrons. The number of benzene rings is 1. The molecule has 2 atom stereocenters. The third-order valence-corrected chi connectivity index (χ3v) is 5.69. The molecule has 3 rings (SSSR count). The highest BCUT2D eigenvalue weighted by molar-refractivity contribution is 14.1. The number of halogens is 1. The molecule has 4 heteroatoms. The van der Waals surface area contributed by atoms with Crippen molar-refractivity contribution in [1.82, 2.24) is 0 Å². The fourth-order valence-corrected chi connectivity index (χ4v) is 4.21. The van der Waals surface area contributed by atoms with Crippen LogP contribution in [0, 0.1) is 9.49 Å². The van der Waals surface area contributed by atoms with Crippen LogP contribution in [0.4, 0.5) is 0 Å². The summed E-state index contributed by atoms with van der Waals surface area (Å²) in [7, 11) is 0. The van der Waals surface area contributed by atoms with Gasteiger partial charge in [-0.25, -0.2) is 0 Å². The molecule has 3 nitrogen and oxygen atoms in total. The zero-order valence-corrected chi connectivity index (χ0v) is 13.8. The van der Waals surface area contributed by atoms with Crippen LogP contribution in [-0.2, 0) is 9.47 Å². The van der Waals surface area contributed by atoms with Gasteiger partial charge in [-0.2, -0.15) is 0 Å². The third-order valence-electron chi connectivity index (χ3n) is 4.71. The van der Waals surface area contributed by atoms with Crippen LogP contribution in [0.1, 0.15) is 37.3 Å². The Labute approximate surface area is 134 Å². The summed E-state index contributed by atoms with van der Waals surface area (Å²) in [6, 6.07) is 8.58. The second-order valence-corrected chi connectivity index (χ2v) is 7.11. The summed E-state index contributed by atoms with van der Waals surface area (Å²) in [5.74, 6) is 0.512. The average Bonchev–Trinajstić information content (AvgIpc) is 2.48. The van der Waals surface area contributed by atoms with Crippen LogP contribution < -0.4 is 5.73 Å². The van der Waals surface area contributed by atoms with Gasteiger partial charge in [0.2, 0.25) is 0 Å². The van der Waals surface area contributed by atoms with Crippen molar-refractivity contribution in [2.75, 3.05) is 19.8 Å². The van der Waals surface area contributed by atoms with E-state index in [4.69, 9.17) is 15.2 Å². The summed E-state index contributed by atoms with van der Waals surface area (Å²) in [4.78, 5) is 0. The van der Waals surface area contributed by atoms with E-state index in [-0.39, 0.29) is 11.6 Å². The third kappa shape index (κ3) is 3.03. The SMILES string of the molecule is NC(c1ccccc1I)C1CCOC2(CCOCC2)C1. The van der Waals surface area contributed by atoms with E-state index < -0.39 is 0 Å². The molecule has 0 aromatic heterocycles. The van der Waals surface area contributed by atoms with Gasteiger partial charge < -0.3 is 15.2 Å². The zero-order chi connectivity index (χ0) is 14.0. The quantitative estimate of drug-likeness (QED) is 0.793. The lowest BCUT2D eigenvalue weighted by molar-refractivity contribution is -0.149. The minimum absolute atomic E-state index is 0.0268. The van der Waals surface area contributed by atoms with Gasteiger partial charge in [0.25, 0.3) is 0 Å². The van der Waals surface area contributed by atoms with Gasteiger partial charge >= 0.3 is 0 Å². The Hall–Kier alpha value is -0.170. The molecular formula is C16H22INO2. The summed E-state index contributed by atoms with van der Waals surface area (Å²) < 4.78 is 12.9. The van der Waals surface area contributed by atoms with Crippen LogP contribution in [-0.4, -0.2) is 25.4 Å². The number of rotatable bonds is 2. The van der Waals surface area contributed by atoms with Gasteiger partial charge in [-0.05, 0) is 65.8 Å². The van der Waals surface area contributed by atoms with Crippen LogP contribution in [0.25, 0.3) is 0 Å². The van der Waals surface area contributed by atoms with Crippen LogP contribution in [0.3, 0.4) is 0 Å². The van der Waals surface area contributed by atoms with E-state index in [0.717, 1.165) is 45.5 Å². The van der Waals surface area contributed by atoms with E-state index in [1.165, 1.54) is 9.13 Å². The van der Waals surface area contributed by atoms with Crippen LogP contribution in [0.15, 0.2) is 24.3 Å². The van der Waals surface area contributed by atoms with E-state index in [9.17, 15) is 0 Å². The second-order valence-electron chi connectivity index (χ2n) is 5.94. The van der Waals surface area contributed by atoms with Crippen LogP contribution >= 0.6 is 22.6 Å². The molecule has 1 spiro atoms. The molecule has 2 heterocycles. The first-order chi connectivity index (χ1) is 9.70. The lowest BCUT2D eigenvalue weighted by Crippen LogP contribution is -2.46. The predicted molar refractivity (Wildman–Crippen MR) is 87.5 cm³/mol. The van der Waals surface area contributed by atoms with Crippen molar-refractivity contribution in [3.05, 3.63) is 33.4 Å². The first-order valence-corrected chi connectivity index (χ1v) is 8.50. The zero-order valence-electron chi connectivity index (χ0n) is 11.7. The summed E-state index contributed by atoms with van der Waals surface area (Å²) in [6.07, 6.45) is 4.17. The molecule has 2 aliphatic heterocycles. The van der Waals surface area contributed by atoms with Crippen LogP contribution in [0.5, 0.6) is 0 Å². The molecule has 0 bridgehead atoms. The smallest absolute Gasteiger partial charge is 0.0729 e. The highest BCUT2D eigenvalue weighted by Gasteiger charge is 2.41. The van der Waals surface area contributed by atoms with Gasteiger partial charge in [0.15, 0.2) is 0 Å². The lowest BCUT2D eigenvalue weighted by atomic mass is 9.76. The molecular weight excluding hydrogens is 365 g/mol. The van der Waals surface area contributed by atoms with Crippen molar-refractivity contribution in [2.24, 2.45) is 11.7 Å². The Balaban J connectivity index is 1.75.